The summed E-state index contributed by atoms with van der Waals surface area (Å²) in [5, 5.41) is 20.2. The number of hydrogen-bond acceptors (Lipinski definition) is 7. The first-order valence-corrected chi connectivity index (χ1v) is 9.28. The monoisotopic (exact) mass is 371 g/mol. The van der Waals surface area contributed by atoms with Gasteiger partial charge in [-0.2, -0.15) is 15.3 Å². The van der Waals surface area contributed by atoms with E-state index in [0.29, 0.717) is 11.5 Å². The van der Waals surface area contributed by atoms with Gasteiger partial charge in [-0.15, -0.1) is 5.10 Å². The van der Waals surface area contributed by atoms with E-state index in [-0.39, 0.29) is 0 Å². The maximum atomic E-state index is 8.89. The highest BCUT2D eigenvalue weighted by molar-refractivity contribution is 5.55. The highest BCUT2D eigenvalue weighted by Crippen LogP contribution is 2.18. The lowest BCUT2D eigenvalue weighted by molar-refractivity contribution is 0.249. The molecule has 0 spiro atoms. The molecule has 1 N–H and O–H groups in total. The van der Waals surface area contributed by atoms with E-state index in [1.807, 2.05) is 18.2 Å². The van der Waals surface area contributed by atoms with Crippen molar-refractivity contribution in [1.29, 1.82) is 5.26 Å². The fraction of sp³-hybridized carbons (Fsp3) is 0.238. The van der Waals surface area contributed by atoms with Crippen LogP contribution >= 0.6 is 0 Å². The summed E-state index contributed by atoms with van der Waals surface area (Å²) in [6.07, 6.45) is 1.71. The van der Waals surface area contributed by atoms with E-state index in [1.165, 1.54) is 5.56 Å². The van der Waals surface area contributed by atoms with Crippen molar-refractivity contribution in [2.45, 2.75) is 6.54 Å². The van der Waals surface area contributed by atoms with E-state index < -0.39 is 0 Å². The van der Waals surface area contributed by atoms with Gasteiger partial charge in [0.1, 0.15) is 0 Å². The smallest absolute Gasteiger partial charge is 0.249 e. The Hall–Kier alpha value is -3.50. The van der Waals surface area contributed by atoms with Crippen LogP contribution in [0.4, 0.5) is 17.5 Å². The molecule has 4 rings (SSSR count). The molecule has 0 atom stereocenters. The first kappa shape index (κ1) is 17.9. The molecule has 1 aliphatic heterocycles. The normalized spacial score (nSPS) is 14.5. The first-order valence-electron chi connectivity index (χ1n) is 9.28. The van der Waals surface area contributed by atoms with Crippen molar-refractivity contribution in [3.8, 4) is 6.07 Å². The molecular weight excluding hydrogens is 350 g/mol. The average Bonchev–Trinajstić information content (AvgIpc) is 2.76. The van der Waals surface area contributed by atoms with Gasteiger partial charge in [-0.3, -0.25) is 4.90 Å². The third kappa shape index (κ3) is 4.42. The molecule has 0 unspecified atom stereocenters. The second-order valence-corrected chi connectivity index (χ2v) is 6.70. The summed E-state index contributed by atoms with van der Waals surface area (Å²) in [5.41, 5.74) is 2.78. The predicted molar refractivity (Wildman–Crippen MR) is 108 cm³/mol. The van der Waals surface area contributed by atoms with Crippen molar-refractivity contribution in [1.82, 2.24) is 20.1 Å². The lowest BCUT2D eigenvalue weighted by Gasteiger charge is -2.35. The summed E-state index contributed by atoms with van der Waals surface area (Å²) in [7, 11) is 0. The summed E-state index contributed by atoms with van der Waals surface area (Å²) in [5.74, 6) is 1.28. The van der Waals surface area contributed by atoms with Crippen LogP contribution in [0.1, 0.15) is 11.1 Å². The van der Waals surface area contributed by atoms with Crippen molar-refractivity contribution in [2.75, 3.05) is 36.4 Å². The number of anilines is 3. The van der Waals surface area contributed by atoms with Crippen LogP contribution in [0.15, 0.2) is 60.8 Å². The van der Waals surface area contributed by atoms with Crippen LogP contribution in [-0.4, -0.2) is 46.3 Å². The van der Waals surface area contributed by atoms with Gasteiger partial charge < -0.3 is 10.2 Å². The molecule has 140 valence electrons. The van der Waals surface area contributed by atoms with E-state index in [9.17, 15) is 0 Å². The Morgan fingerprint density at radius 2 is 1.71 bits per heavy atom. The second-order valence-electron chi connectivity index (χ2n) is 6.70. The zero-order valence-corrected chi connectivity index (χ0v) is 15.5. The van der Waals surface area contributed by atoms with Gasteiger partial charge in [0.25, 0.3) is 0 Å². The molecule has 2 aromatic carbocycles. The van der Waals surface area contributed by atoms with E-state index in [2.05, 4.69) is 60.6 Å². The van der Waals surface area contributed by atoms with Crippen LogP contribution in [0.25, 0.3) is 0 Å². The van der Waals surface area contributed by atoms with Crippen molar-refractivity contribution < 1.29 is 0 Å². The van der Waals surface area contributed by atoms with Crippen molar-refractivity contribution in [3.63, 3.8) is 0 Å². The molecule has 1 aliphatic rings. The highest BCUT2D eigenvalue weighted by Gasteiger charge is 2.19. The van der Waals surface area contributed by atoms with Gasteiger partial charge in [0.05, 0.1) is 17.8 Å². The molecule has 7 heteroatoms. The molecule has 1 fully saturated rings. The van der Waals surface area contributed by atoms with Gasteiger partial charge in [0.15, 0.2) is 5.82 Å². The van der Waals surface area contributed by atoms with E-state index in [1.54, 1.807) is 18.3 Å². The molecule has 0 aliphatic carbocycles. The van der Waals surface area contributed by atoms with Crippen LogP contribution in [0.5, 0.6) is 0 Å². The number of nitrogens with zero attached hydrogens (tertiary/aromatic N) is 6. The third-order valence-electron chi connectivity index (χ3n) is 4.76. The van der Waals surface area contributed by atoms with Gasteiger partial charge in [-0.05, 0) is 29.8 Å². The standard InChI is InChI=1S/C21H21N7/c22-14-17-6-8-19(9-7-17)24-21-25-20(15-23-26-21)28-12-10-27(11-13-28)16-18-4-2-1-3-5-18/h1-9,15H,10-13,16H2,(H,24,25,26). The zero-order chi connectivity index (χ0) is 19.2. The van der Waals surface area contributed by atoms with E-state index in [4.69, 9.17) is 5.26 Å². The fourth-order valence-electron chi connectivity index (χ4n) is 3.23. The Morgan fingerprint density at radius 1 is 0.964 bits per heavy atom. The van der Waals surface area contributed by atoms with Gasteiger partial charge >= 0.3 is 0 Å². The molecule has 3 aromatic rings. The maximum absolute atomic E-state index is 8.89. The minimum absolute atomic E-state index is 0.453. The Labute approximate surface area is 164 Å². The number of rotatable bonds is 5. The summed E-state index contributed by atoms with van der Waals surface area (Å²) in [4.78, 5) is 9.29. The SMILES string of the molecule is N#Cc1ccc(Nc2nncc(N3CCN(Cc4ccccc4)CC3)n2)cc1. The maximum Gasteiger partial charge on any atom is 0.249 e. The van der Waals surface area contributed by atoms with Crippen molar-refractivity contribution in [2.24, 2.45) is 0 Å². The zero-order valence-electron chi connectivity index (χ0n) is 15.5. The Balaban J connectivity index is 1.36. The molecule has 0 saturated carbocycles. The number of hydrogen-bond donors (Lipinski definition) is 1. The van der Waals surface area contributed by atoms with Gasteiger partial charge in [-0.25, -0.2) is 0 Å². The van der Waals surface area contributed by atoms with Crippen LogP contribution in [0.3, 0.4) is 0 Å². The largest absolute Gasteiger partial charge is 0.353 e. The number of nitriles is 1. The first-order chi connectivity index (χ1) is 13.8. The minimum atomic E-state index is 0.453. The molecule has 1 saturated heterocycles. The fourth-order valence-corrected chi connectivity index (χ4v) is 3.23. The quantitative estimate of drug-likeness (QED) is 0.738. The van der Waals surface area contributed by atoms with Crippen LogP contribution in [-0.2, 0) is 6.54 Å². The summed E-state index contributed by atoms with van der Waals surface area (Å²) < 4.78 is 0. The number of piperazine rings is 1. The molecule has 1 aromatic heterocycles. The topological polar surface area (TPSA) is 81.0 Å². The minimum Gasteiger partial charge on any atom is -0.353 e. The molecule has 0 bridgehead atoms. The second kappa shape index (κ2) is 8.46. The van der Waals surface area contributed by atoms with Gasteiger partial charge in [0.2, 0.25) is 5.95 Å². The molecule has 2 heterocycles. The van der Waals surface area contributed by atoms with E-state index >= 15 is 0 Å². The average molecular weight is 371 g/mol. The highest BCUT2D eigenvalue weighted by atomic mass is 15.3. The summed E-state index contributed by atoms with van der Waals surface area (Å²) in [6.45, 7) is 4.75. The molecule has 28 heavy (non-hydrogen) atoms. The van der Waals surface area contributed by atoms with Crippen molar-refractivity contribution in [3.05, 3.63) is 71.9 Å². The van der Waals surface area contributed by atoms with Crippen LogP contribution in [0.2, 0.25) is 0 Å². The van der Waals surface area contributed by atoms with Crippen LogP contribution < -0.4 is 10.2 Å². The molecule has 7 nitrogen and oxygen atoms in total. The lowest BCUT2D eigenvalue weighted by Crippen LogP contribution is -2.46. The summed E-state index contributed by atoms with van der Waals surface area (Å²) >= 11 is 0. The Morgan fingerprint density at radius 3 is 2.43 bits per heavy atom. The molecule has 0 amide bonds. The third-order valence-corrected chi connectivity index (χ3v) is 4.76. The van der Waals surface area contributed by atoms with Gasteiger partial charge in [0, 0.05) is 38.4 Å². The molecular formula is C21H21N7. The van der Waals surface area contributed by atoms with Crippen molar-refractivity contribution >= 4 is 17.5 Å². The number of nitrogens with one attached hydrogen (secondary N) is 1. The lowest BCUT2D eigenvalue weighted by atomic mass is 10.2. The Kier molecular flexibility index (Phi) is 5.41. The van der Waals surface area contributed by atoms with E-state index in [0.717, 1.165) is 44.2 Å². The number of aromatic nitrogens is 3. The van der Waals surface area contributed by atoms with Gasteiger partial charge in [-0.1, -0.05) is 30.3 Å². The predicted octanol–water partition coefficient (Wildman–Crippen LogP) is 2.81. The number of benzene rings is 2. The van der Waals surface area contributed by atoms with Crippen LogP contribution in [0, 0.1) is 11.3 Å². The molecule has 0 radical (unpaired) electrons. The summed E-state index contributed by atoms with van der Waals surface area (Å²) in [6, 6.07) is 19.8. The Bertz CT molecular complexity index is 942.